The van der Waals surface area contributed by atoms with Crippen LogP contribution >= 0.6 is 0 Å². The number of nitrogens with zero attached hydrogens (tertiary/aromatic N) is 1. The minimum atomic E-state index is -4.50. The number of benzene rings is 1. The summed E-state index contributed by atoms with van der Waals surface area (Å²) in [5.41, 5.74) is -0.449. The highest BCUT2D eigenvalue weighted by atomic mass is 19.4. The SMILES string of the molecule is CCCC1NCCN2C(=O)c3c(cccc3C(F)(F)F)[C@H]12. The van der Waals surface area contributed by atoms with Crippen molar-refractivity contribution in [2.75, 3.05) is 13.1 Å². The summed E-state index contributed by atoms with van der Waals surface area (Å²) in [6.45, 7) is 3.11. The minimum Gasteiger partial charge on any atom is -0.329 e. The molecule has 21 heavy (non-hydrogen) atoms. The maximum Gasteiger partial charge on any atom is 0.417 e. The number of alkyl halides is 3. The first-order chi connectivity index (χ1) is 9.95. The van der Waals surface area contributed by atoms with Gasteiger partial charge in [-0.05, 0) is 18.1 Å². The number of hydrogen-bond donors (Lipinski definition) is 1. The second kappa shape index (κ2) is 5.02. The highest BCUT2D eigenvalue weighted by molar-refractivity contribution is 6.01. The van der Waals surface area contributed by atoms with E-state index in [1.54, 1.807) is 11.0 Å². The quantitative estimate of drug-likeness (QED) is 0.910. The van der Waals surface area contributed by atoms with E-state index in [4.69, 9.17) is 0 Å². The normalized spacial score (nSPS) is 25.0. The zero-order valence-corrected chi connectivity index (χ0v) is 11.7. The van der Waals surface area contributed by atoms with Gasteiger partial charge in [0.1, 0.15) is 0 Å². The van der Waals surface area contributed by atoms with Crippen LogP contribution in [0.5, 0.6) is 0 Å². The summed E-state index contributed by atoms with van der Waals surface area (Å²) in [6, 6.07) is 3.80. The molecule has 6 heteroatoms. The van der Waals surface area contributed by atoms with Crippen molar-refractivity contribution in [1.29, 1.82) is 0 Å². The van der Waals surface area contributed by atoms with Crippen molar-refractivity contribution in [1.82, 2.24) is 10.2 Å². The average Bonchev–Trinajstić information content (AvgIpc) is 2.73. The van der Waals surface area contributed by atoms with Crippen molar-refractivity contribution in [3.63, 3.8) is 0 Å². The third kappa shape index (κ3) is 2.21. The number of halogens is 3. The molecular weight excluding hydrogens is 281 g/mol. The van der Waals surface area contributed by atoms with Crippen LogP contribution in [-0.2, 0) is 6.18 Å². The van der Waals surface area contributed by atoms with E-state index in [1.165, 1.54) is 6.07 Å². The molecule has 3 rings (SSSR count). The monoisotopic (exact) mass is 298 g/mol. The highest BCUT2D eigenvalue weighted by Gasteiger charge is 2.47. The summed E-state index contributed by atoms with van der Waals surface area (Å²) in [5, 5.41) is 3.34. The Labute approximate surface area is 121 Å². The Morgan fingerprint density at radius 1 is 1.38 bits per heavy atom. The van der Waals surface area contributed by atoms with Gasteiger partial charge in [0.15, 0.2) is 0 Å². The van der Waals surface area contributed by atoms with Crippen LogP contribution in [0.2, 0.25) is 0 Å². The standard InChI is InChI=1S/C15H17F3N2O/c1-2-4-11-13-9-5-3-6-10(15(16,17)18)12(9)14(21)20(13)8-7-19-11/h3,5-6,11,13,19H,2,4,7-8H2,1H3/t11?,13-/m1/s1. The minimum absolute atomic E-state index is 0.0254. The first kappa shape index (κ1) is 14.4. The van der Waals surface area contributed by atoms with Crippen molar-refractivity contribution in [2.45, 2.75) is 38.0 Å². The summed E-state index contributed by atoms with van der Waals surface area (Å²) >= 11 is 0. The third-order valence-corrected chi connectivity index (χ3v) is 4.27. The summed E-state index contributed by atoms with van der Waals surface area (Å²) in [4.78, 5) is 14.0. The summed E-state index contributed by atoms with van der Waals surface area (Å²) in [5.74, 6) is -0.481. The molecule has 114 valence electrons. The maximum atomic E-state index is 13.2. The fourth-order valence-electron chi connectivity index (χ4n) is 3.46. The van der Waals surface area contributed by atoms with E-state index in [0.29, 0.717) is 18.7 Å². The second-order valence-corrected chi connectivity index (χ2v) is 5.56. The van der Waals surface area contributed by atoms with Gasteiger partial charge in [-0.3, -0.25) is 4.79 Å². The average molecular weight is 298 g/mol. The first-order valence-electron chi connectivity index (χ1n) is 7.19. The predicted molar refractivity (Wildman–Crippen MR) is 71.9 cm³/mol. The molecule has 1 aromatic carbocycles. The van der Waals surface area contributed by atoms with Gasteiger partial charge in [0.05, 0.1) is 17.2 Å². The lowest BCUT2D eigenvalue weighted by Gasteiger charge is -2.38. The zero-order chi connectivity index (χ0) is 15.2. The molecule has 0 spiro atoms. The van der Waals surface area contributed by atoms with E-state index >= 15 is 0 Å². The number of hydrogen-bond acceptors (Lipinski definition) is 2. The molecule has 2 atom stereocenters. The molecule has 0 aromatic heterocycles. The van der Waals surface area contributed by atoms with Crippen LogP contribution in [0.25, 0.3) is 0 Å². The molecule has 1 saturated heterocycles. The molecule has 2 aliphatic heterocycles. The summed E-state index contributed by atoms with van der Waals surface area (Å²) in [6.07, 6.45) is -2.74. The zero-order valence-electron chi connectivity index (χ0n) is 11.7. The van der Waals surface area contributed by atoms with E-state index in [2.05, 4.69) is 5.32 Å². The molecule has 0 radical (unpaired) electrons. The van der Waals surface area contributed by atoms with Gasteiger partial charge >= 0.3 is 6.18 Å². The Kier molecular flexibility index (Phi) is 3.43. The summed E-state index contributed by atoms with van der Waals surface area (Å²) in [7, 11) is 0. The molecular formula is C15H17F3N2O. The first-order valence-corrected chi connectivity index (χ1v) is 7.19. The molecule has 1 amide bonds. The van der Waals surface area contributed by atoms with Gasteiger partial charge < -0.3 is 10.2 Å². The lowest BCUT2D eigenvalue weighted by molar-refractivity contribution is -0.137. The largest absolute Gasteiger partial charge is 0.417 e. The highest BCUT2D eigenvalue weighted by Crippen LogP contribution is 2.43. The number of fused-ring (bicyclic) bond motifs is 3. The van der Waals surface area contributed by atoms with Gasteiger partial charge in [0.2, 0.25) is 0 Å². The Balaban J connectivity index is 2.11. The van der Waals surface area contributed by atoms with Gasteiger partial charge in [-0.1, -0.05) is 25.5 Å². The van der Waals surface area contributed by atoms with Crippen molar-refractivity contribution in [2.24, 2.45) is 0 Å². The van der Waals surface area contributed by atoms with Crippen LogP contribution in [0.15, 0.2) is 18.2 Å². The van der Waals surface area contributed by atoms with Crippen LogP contribution in [0.4, 0.5) is 13.2 Å². The van der Waals surface area contributed by atoms with E-state index in [0.717, 1.165) is 18.9 Å². The van der Waals surface area contributed by atoms with E-state index in [1.807, 2.05) is 6.92 Å². The van der Waals surface area contributed by atoms with Crippen LogP contribution < -0.4 is 5.32 Å². The third-order valence-electron chi connectivity index (χ3n) is 4.27. The van der Waals surface area contributed by atoms with Gasteiger partial charge in [-0.2, -0.15) is 13.2 Å². The van der Waals surface area contributed by atoms with E-state index in [9.17, 15) is 18.0 Å². The van der Waals surface area contributed by atoms with E-state index < -0.39 is 17.6 Å². The molecule has 3 nitrogen and oxygen atoms in total. The van der Waals surface area contributed by atoms with Gasteiger partial charge in [-0.15, -0.1) is 0 Å². The molecule has 0 saturated carbocycles. The van der Waals surface area contributed by atoms with Crippen LogP contribution in [0, 0.1) is 0 Å². The Bertz CT molecular complexity index is 569. The second-order valence-electron chi connectivity index (χ2n) is 5.56. The van der Waals surface area contributed by atoms with Gasteiger partial charge in [0, 0.05) is 19.1 Å². The van der Waals surface area contributed by atoms with Crippen molar-refractivity contribution in [3.8, 4) is 0 Å². The molecule has 1 fully saturated rings. The number of rotatable bonds is 2. The fourth-order valence-corrected chi connectivity index (χ4v) is 3.46. The Morgan fingerprint density at radius 2 is 2.14 bits per heavy atom. The number of carbonyl (C=O) groups is 1. The van der Waals surface area contributed by atoms with Gasteiger partial charge in [0.25, 0.3) is 5.91 Å². The fraction of sp³-hybridized carbons (Fsp3) is 0.533. The number of carbonyl (C=O) groups excluding carboxylic acids is 1. The Hall–Kier alpha value is -1.56. The number of amides is 1. The molecule has 2 heterocycles. The lowest BCUT2D eigenvalue weighted by atomic mass is 9.92. The Morgan fingerprint density at radius 3 is 2.81 bits per heavy atom. The topological polar surface area (TPSA) is 32.3 Å². The van der Waals surface area contributed by atoms with Crippen LogP contribution in [-0.4, -0.2) is 29.9 Å². The molecule has 1 unspecified atom stereocenters. The predicted octanol–water partition coefficient (Wildman–Crippen LogP) is 2.97. The van der Waals surface area contributed by atoms with E-state index in [-0.39, 0.29) is 17.6 Å². The summed E-state index contributed by atoms with van der Waals surface area (Å²) < 4.78 is 39.5. The molecule has 0 aliphatic carbocycles. The number of nitrogens with one attached hydrogen (secondary N) is 1. The lowest BCUT2D eigenvalue weighted by Crippen LogP contribution is -2.51. The molecule has 2 aliphatic rings. The van der Waals surface area contributed by atoms with Crippen LogP contribution in [0.3, 0.4) is 0 Å². The molecule has 1 N–H and O–H groups in total. The smallest absolute Gasteiger partial charge is 0.329 e. The van der Waals surface area contributed by atoms with Crippen molar-refractivity contribution >= 4 is 5.91 Å². The van der Waals surface area contributed by atoms with Crippen molar-refractivity contribution < 1.29 is 18.0 Å². The maximum absolute atomic E-state index is 13.2. The van der Waals surface area contributed by atoms with Crippen LogP contribution in [0.1, 0.15) is 47.3 Å². The number of piperazine rings is 1. The van der Waals surface area contributed by atoms with Crippen molar-refractivity contribution in [3.05, 3.63) is 34.9 Å². The molecule has 0 bridgehead atoms. The molecule has 1 aromatic rings. The van der Waals surface area contributed by atoms with Gasteiger partial charge in [-0.25, -0.2) is 0 Å².